The van der Waals surface area contributed by atoms with Gasteiger partial charge >= 0.3 is 0 Å². The minimum Gasteiger partial charge on any atom is -0.334 e. The van der Waals surface area contributed by atoms with Gasteiger partial charge in [0, 0.05) is 41.4 Å². The quantitative estimate of drug-likeness (QED) is 0.810. The van der Waals surface area contributed by atoms with E-state index >= 15 is 0 Å². The Morgan fingerprint density at radius 2 is 2.05 bits per heavy atom. The smallest absolute Gasteiger partial charge is 0.254 e. The molecule has 2 heterocycles. The Balaban J connectivity index is 1.84. The molecule has 1 aliphatic heterocycles. The van der Waals surface area contributed by atoms with Crippen LogP contribution in [-0.2, 0) is 13.0 Å². The normalized spacial score (nSPS) is 14.1. The lowest BCUT2D eigenvalue weighted by Crippen LogP contribution is -2.36. The largest absolute Gasteiger partial charge is 0.334 e. The molecule has 1 amide bonds. The molecular weight excluding hydrogens is 304 g/mol. The number of carbonyl (C=O) groups is 1. The summed E-state index contributed by atoms with van der Waals surface area (Å²) in [6, 6.07) is 11.5. The number of amides is 1. The van der Waals surface area contributed by atoms with Crippen molar-refractivity contribution < 1.29 is 4.79 Å². The van der Waals surface area contributed by atoms with E-state index in [2.05, 4.69) is 20.9 Å². The summed E-state index contributed by atoms with van der Waals surface area (Å²) in [4.78, 5) is 18.7. The minimum atomic E-state index is 0.0891. The van der Waals surface area contributed by atoms with Crippen LogP contribution in [0.3, 0.4) is 0 Å². The molecule has 3 rings (SSSR count). The van der Waals surface area contributed by atoms with E-state index < -0.39 is 0 Å². The van der Waals surface area contributed by atoms with Crippen molar-refractivity contribution in [3.05, 3.63) is 63.9 Å². The first-order valence-corrected chi connectivity index (χ1v) is 7.01. The number of pyridine rings is 1. The number of halogens is 1. The van der Waals surface area contributed by atoms with Gasteiger partial charge < -0.3 is 4.90 Å². The molecule has 1 aromatic carbocycles. The van der Waals surface area contributed by atoms with Crippen molar-refractivity contribution in [1.82, 2.24) is 9.88 Å². The second-order valence-corrected chi connectivity index (χ2v) is 5.52. The Morgan fingerprint density at radius 1 is 1.26 bits per heavy atom. The number of benzene rings is 1. The van der Waals surface area contributed by atoms with Crippen molar-refractivity contribution >= 4 is 21.8 Å². The molecule has 3 nitrogen and oxygen atoms in total. The fraction of sp³-hybridized carbons (Fsp3) is 0.200. The Morgan fingerprint density at radius 3 is 2.84 bits per heavy atom. The second kappa shape index (κ2) is 5.13. The summed E-state index contributed by atoms with van der Waals surface area (Å²) in [5.41, 5.74) is 2.97. The summed E-state index contributed by atoms with van der Waals surface area (Å²) in [6.07, 6.45) is 2.63. The standard InChI is InChI=1S/C15H13BrN2O/c16-13-8-12-10-18(7-6-14(12)17-9-13)15(19)11-4-2-1-3-5-11/h1-5,8-9H,6-7,10H2. The molecule has 19 heavy (non-hydrogen) atoms. The first-order chi connectivity index (χ1) is 9.24. The third-order valence-corrected chi connectivity index (χ3v) is 3.75. The van der Waals surface area contributed by atoms with Crippen LogP contribution in [0.25, 0.3) is 0 Å². The molecule has 0 fully saturated rings. The highest BCUT2D eigenvalue weighted by atomic mass is 79.9. The monoisotopic (exact) mass is 316 g/mol. The maximum absolute atomic E-state index is 12.4. The van der Waals surface area contributed by atoms with E-state index in [-0.39, 0.29) is 5.91 Å². The highest BCUT2D eigenvalue weighted by Crippen LogP contribution is 2.21. The van der Waals surface area contributed by atoms with Gasteiger partial charge in [-0.05, 0) is 39.7 Å². The second-order valence-electron chi connectivity index (χ2n) is 4.60. The van der Waals surface area contributed by atoms with Gasteiger partial charge in [-0.25, -0.2) is 0 Å². The van der Waals surface area contributed by atoms with Crippen molar-refractivity contribution in [2.75, 3.05) is 6.54 Å². The summed E-state index contributed by atoms with van der Waals surface area (Å²) >= 11 is 3.43. The number of aromatic nitrogens is 1. The van der Waals surface area contributed by atoms with Crippen LogP contribution >= 0.6 is 15.9 Å². The molecule has 2 aromatic rings. The molecule has 0 saturated heterocycles. The van der Waals surface area contributed by atoms with Crippen LogP contribution in [0.5, 0.6) is 0 Å². The average Bonchev–Trinajstić information content (AvgIpc) is 2.46. The van der Waals surface area contributed by atoms with Crippen molar-refractivity contribution in [3.63, 3.8) is 0 Å². The predicted octanol–water partition coefficient (Wildman–Crippen LogP) is 3.04. The van der Waals surface area contributed by atoms with E-state index in [0.29, 0.717) is 6.54 Å². The van der Waals surface area contributed by atoms with Crippen LogP contribution in [-0.4, -0.2) is 22.3 Å². The molecule has 0 spiro atoms. The molecule has 0 aliphatic carbocycles. The van der Waals surface area contributed by atoms with Crippen LogP contribution in [0, 0.1) is 0 Å². The van der Waals surface area contributed by atoms with Gasteiger partial charge in [0.15, 0.2) is 0 Å². The number of carbonyl (C=O) groups excluding carboxylic acids is 1. The van der Waals surface area contributed by atoms with Crippen LogP contribution in [0.15, 0.2) is 47.1 Å². The van der Waals surface area contributed by atoms with E-state index in [1.54, 1.807) is 0 Å². The summed E-state index contributed by atoms with van der Waals surface area (Å²) in [5.74, 6) is 0.0891. The van der Waals surface area contributed by atoms with Crippen LogP contribution in [0.2, 0.25) is 0 Å². The lowest BCUT2D eigenvalue weighted by atomic mass is 10.0. The summed E-state index contributed by atoms with van der Waals surface area (Å²) in [7, 11) is 0. The highest BCUT2D eigenvalue weighted by Gasteiger charge is 2.22. The predicted molar refractivity (Wildman–Crippen MR) is 76.8 cm³/mol. The Hall–Kier alpha value is -1.68. The van der Waals surface area contributed by atoms with Crippen molar-refractivity contribution in [2.45, 2.75) is 13.0 Å². The first kappa shape index (κ1) is 12.4. The van der Waals surface area contributed by atoms with Gasteiger partial charge in [-0.15, -0.1) is 0 Å². The maximum Gasteiger partial charge on any atom is 0.254 e. The first-order valence-electron chi connectivity index (χ1n) is 6.21. The van der Waals surface area contributed by atoms with Gasteiger partial charge in [-0.2, -0.15) is 0 Å². The van der Waals surface area contributed by atoms with Gasteiger partial charge in [-0.3, -0.25) is 9.78 Å². The Labute approximate surface area is 120 Å². The summed E-state index contributed by atoms with van der Waals surface area (Å²) < 4.78 is 0.959. The van der Waals surface area contributed by atoms with Crippen molar-refractivity contribution in [2.24, 2.45) is 0 Å². The third-order valence-electron chi connectivity index (χ3n) is 3.31. The zero-order chi connectivity index (χ0) is 13.2. The Kier molecular flexibility index (Phi) is 3.34. The lowest BCUT2D eigenvalue weighted by molar-refractivity contribution is 0.0733. The number of fused-ring (bicyclic) bond motifs is 1. The zero-order valence-electron chi connectivity index (χ0n) is 10.3. The lowest BCUT2D eigenvalue weighted by Gasteiger charge is -2.28. The zero-order valence-corrected chi connectivity index (χ0v) is 11.9. The van der Waals surface area contributed by atoms with Gasteiger partial charge in [0.25, 0.3) is 5.91 Å². The van der Waals surface area contributed by atoms with Gasteiger partial charge in [0.1, 0.15) is 0 Å². The summed E-state index contributed by atoms with van der Waals surface area (Å²) in [6.45, 7) is 1.37. The van der Waals surface area contributed by atoms with Crippen molar-refractivity contribution in [3.8, 4) is 0 Å². The van der Waals surface area contributed by atoms with Gasteiger partial charge in [0.2, 0.25) is 0 Å². The van der Waals surface area contributed by atoms with E-state index in [1.807, 2.05) is 47.5 Å². The fourth-order valence-electron chi connectivity index (χ4n) is 2.33. The van der Waals surface area contributed by atoms with E-state index in [9.17, 15) is 4.79 Å². The highest BCUT2D eigenvalue weighted by molar-refractivity contribution is 9.10. The molecule has 1 aromatic heterocycles. The number of hydrogen-bond acceptors (Lipinski definition) is 2. The molecule has 0 unspecified atom stereocenters. The third kappa shape index (κ3) is 2.54. The van der Waals surface area contributed by atoms with Crippen LogP contribution in [0.4, 0.5) is 0 Å². The van der Waals surface area contributed by atoms with Crippen LogP contribution < -0.4 is 0 Å². The van der Waals surface area contributed by atoms with Gasteiger partial charge in [0.05, 0.1) is 0 Å². The molecule has 1 aliphatic rings. The summed E-state index contributed by atoms with van der Waals surface area (Å²) in [5, 5.41) is 0. The SMILES string of the molecule is O=C(c1ccccc1)N1CCc2ncc(Br)cc2C1. The number of nitrogens with zero attached hydrogens (tertiary/aromatic N) is 2. The van der Waals surface area contributed by atoms with Gasteiger partial charge in [-0.1, -0.05) is 18.2 Å². The van der Waals surface area contributed by atoms with Crippen LogP contribution in [0.1, 0.15) is 21.6 Å². The number of rotatable bonds is 1. The van der Waals surface area contributed by atoms with E-state index in [0.717, 1.165) is 34.3 Å². The fourth-order valence-corrected chi connectivity index (χ4v) is 2.71. The molecule has 0 bridgehead atoms. The van der Waals surface area contributed by atoms with E-state index in [4.69, 9.17) is 0 Å². The molecular formula is C15H13BrN2O. The number of hydrogen-bond donors (Lipinski definition) is 0. The molecule has 0 saturated carbocycles. The topological polar surface area (TPSA) is 33.2 Å². The van der Waals surface area contributed by atoms with Crippen molar-refractivity contribution in [1.29, 1.82) is 0 Å². The van der Waals surface area contributed by atoms with E-state index in [1.165, 1.54) is 0 Å². The minimum absolute atomic E-state index is 0.0891. The molecule has 0 radical (unpaired) electrons. The Bertz CT molecular complexity index is 613. The molecule has 96 valence electrons. The molecule has 0 N–H and O–H groups in total. The average molecular weight is 317 g/mol. The molecule has 0 atom stereocenters. The maximum atomic E-state index is 12.4. The molecule has 4 heteroatoms.